The third-order valence-electron chi connectivity index (χ3n) is 3.50. The highest BCUT2D eigenvalue weighted by Crippen LogP contribution is 2.12. The van der Waals surface area contributed by atoms with Crippen LogP contribution in [0.3, 0.4) is 0 Å². The van der Waals surface area contributed by atoms with Crippen LogP contribution in [0.25, 0.3) is 6.08 Å². The Kier molecular flexibility index (Phi) is 6.13. The lowest BCUT2D eigenvalue weighted by Gasteiger charge is -2.07. The second kappa shape index (κ2) is 9.14. The highest BCUT2D eigenvalue weighted by atomic mass is 16.3. The number of furan rings is 1. The summed E-state index contributed by atoms with van der Waals surface area (Å²) in [5.74, 6) is 2.38. The molecule has 0 fully saturated rings. The van der Waals surface area contributed by atoms with Crippen molar-refractivity contribution in [2.75, 3.05) is 23.7 Å². The molecule has 0 radical (unpaired) electrons. The van der Waals surface area contributed by atoms with Crippen molar-refractivity contribution in [2.24, 2.45) is 0 Å². The second-order valence-corrected chi connectivity index (χ2v) is 5.72. The molecule has 138 valence electrons. The highest BCUT2D eigenvalue weighted by Gasteiger charge is 2.00. The van der Waals surface area contributed by atoms with Gasteiger partial charge in [0.1, 0.15) is 17.4 Å². The molecule has 3 aromatic rings. The van der Waals surface area contributed by atoms with Gasteiger partial charge in [0.05, 0.1) is 6.26 Å². The Bertz CT molecular complexity index is 874. The van der Waals surface area contributed by atoms with Crippen LogP contribution in [0, 0.1) is 6.92 Å². The first-order valence-electron chi connectivity index (χ1n) is 8.46. The number of nitrogens with one attached hydrogen (secondary N) is 3. The lowest BCUT2D eigenvalue weighted by Crippen LogP contribution is -2.27. The number of carbonyl (C=O) groups is 1. The zero-order chi connectivity index (χ0) is 18.9. The van der Waals surface area contributed by atoms with Gasteiger partial charge in [-0.2, -0.15) is 0 Å². The van der Waals surface area contributed by atoms with E-state index in [2.05, 4.69) is 31.1 Å². The summed E-state index contributed by atoms with van der Waals surface area (Å²) in [7, 11) is 0. The second-order valence-electron chi connectivity index (χ2n) is 5.72. The summed E-state index contributed by atoms with van der Waals surface area (Å²) in [5, 5.41) is 17.1. The van der Waals surface area contributed by atoms with Crippen LogP contribution in [0.2, 0.25) is 0 Å². The van der Waals surface area contributed by atoms with E-state index in [4.69, 9.17) is 4.42 Å². The monoisotopic (exact) mass is 364 g/mol. The van der Waals surface area contributed by atoms with Crippen LogP contribution >= 0.6 is 0 Å². The number of aromatic nitrogens is 3. The molecule has 0 bridgehead atoms. The van der Waals surface area contributed by atoms with Crippen LogP contribution in [0.4, 0.5) is 17.5 Å². The predicted molar refractivity (Wildman–Crippen MR) is 104 cm³/mol. The minimum atomic E-state index is -0.190. The SMILES string of the molecule is Cc1ccc(Nc2ccc(NCCNC(=O)/C=C/c3ccco3)nn2)nc1. The van der Waals surface area contributed by atoms with Crippen LogP contribution in [-0.2, 0) is 4.79 Å². The van der Waals surface area contributed by atoms with E-state index in [1.807, 2.05) is 31.2 Å². The van der Waals surface area contributed by atoms with E-state index in [1.54, 1.807) is 30.7 Å². The molecule has 3 aromatic heterocycles. The van der Waals surface area contributed by atoms with E-state index in [0.717, 1.165) is 5.56 Å². The summed E-state index contributed by atoms with van der Waals surface area (Å²) in [4.78, 5) is 15.9. The zero-order valence-electron chi connectivity index (χ0n) is 14.8. The number of carbonyl (C=O) groups excluding carboxylic acids is 1. The fourth-order valence-corrected chi connectivity index (χ4v) is 2.15. The van der Waals surface area contributed by atoms with E-state index in [0.29, 0.717) is 36.3 Å². The number of anilines is 3. The van der Waals surface area contributed by atoms with Gasteiger partial charge in [-0.3, -0.25) is 4.79 Å². The van der Waals surface area contributed by atoms with Gasteiger partial charge in [-0.25, -0.2) is 4.98 Å². The van der Waals surface area contributed by atoms with Gasteiger partial charge in [0.15, 0.2) is 5.82 Å². The third kappa shape index (κ3) is 5.96. The quantitative estimate of drug-likeness (QED) is 0.417. The molecule has 3 rings (SSSR count). The number of aryl methyl sites for hydroxylation is 1. The molecule has 0 aliphatic rings. The molecule has 0 saturated heterocycles. The van der Waals surface area contributed by atoms with E-state index in [-0.39, 0.29) is 5.91 Å². The largest absolute Gasteiger partial charge is 0.465 e. The van der Waals surface area contributed by atoms with Crippen molar-refractivity contribution in [3.8, 4) is 0 Å². The van der Waals surface area contributed by atoms with Gasteiger partial charge in [0, 0.05) is 25.4 Å². The number of pyridine rings is 1. The van der Waals surface area contributed by atoms with Crippen molar-refractivity contribution in [1.29, 1.82) is 0 Å². The van der Waals surface area contributed by atoms with Crippen molar-refractivity contribution in [2.45, 2.75) is 6.92 Å². The Morgan fingerprint density at radius 2 is 1.89 bits per heavy atom. The Morgan fingerprint density at radius 3 is 2.59 bits per heavy atom. The molecule has 3 heterocycles. The van der Waals surface area contributed by atoms with Gasteiger partial charge < -0.3 is 20.4 Å². The molecule has 8 nitrogen and oxygen atoms in total. The van der Waals surface area contributed by atoms with Crippen LogP contribution < -0.4 is 16.0 Å². The fourth-order valence-electron chi connectivity index (χ4n) is 2.15. The average molecular weight is 364 g/mol. The number of hydrogen-bond acceptors (Lipinski definition) is 7. The van der Waals surface area contributed by atoms with Crippen LogP contribution in [0.5, 0.6) is 0 Å². The number of nitrogens with zero attached hydrogens (tertiary/aromatic N) is 3. The summed E-state index contributed by atoms with van der Waals surface area (Å²) in [6.45, 7) is 2.96. The van der Waals surface area contributed by atoms with Crippen LogP contribution in [0.1, 0.15) is 11.3 Å². The minimum absolute atomic E-state index is 0.190. The molecule has 8 heteroatoms. The van der Waals surface area contributed by atoms with Gasteiger partial charge in [0.25, 0.3) is 0 Å². The standard InChI is InChI=1S/C19H20N6O2/c1-14-4-6-16(22-13-14)23-18-8-7-17(24-25-18)20-10-11-21-19(26)9-5-15-3-2-12-27-15/h2-9,12-13H,10-11H2,1H3,(H,20,24)(H,21,26)(H,22,23,25)/b9-5+. The average Bonchev–Trinajstić information content (AvgIpc) is 3.20. The highest BCUT2D eigenvalue weighted by molar-refractivity contribution is 5.91. The Hall–Kier alpha value is -3.68. The van der Waals surface area contributed by atoms with Gasteiger partial charge in [0.2, 0.25) is 5.91 Å². The van der Waals surface area contributed by atoms with Crippen LogP contribution in [-0.4, -0.2) is 34.2 Å². The third-order valence-corrected chi connectivity index (χ3v) is 3.50. The molecule has 0 atom stereocenters. The minimum Gasteiger partial charge on any atom is -0.465 e. The van der Waals surface area contributed by atoms with Crippen molar-refractivity contribution in [1.82, 2.24) is 20.5 Å². The molecule has 3 N–H and O–H groups in total. The maximum Gasteiger partial charge on any atom is 0.244 e. The molecule has 0 aromatic carbocycles. The fraction of sp³-hybridized carbons (Fsp3) is 0.158. The molecule has 0 aliphatic heterocycles. The van der Waals surface area contributed by atoms with Crippen molar-refractivity contribution in [3.63, 3.8) is 0 Å². The molecule has 27 heavy (non-hydrogen) atoms. The van der Waals surface area contributed by atoms with Gasteiger partial charge >= 0.3 is 0 Å². The summed E-state index contributed by atoms with van der Waals surface area (Å²) in [5.41, 5.74) is 1.09. The molecule has 0 spiro atoms. The Labute approximate surface area is 156 Å². The Morgan fingerprint density at radius 1 is 1.07 bits per heavy atom. The van der Waals surface area contributed by atoms with E-state index in [9.17, 15) is 4.79 Å². The first-order chi connectivity index (χ1) is 13.2. The maximum atomic E-state index is 11.7. The van der Waals surface area contributed by atoms with Gasteiger partial charge in [-0.15, -0.1) is 10.2 Å². The molecule has 1 amide bonds. The van der Waals surface area contributed by atoms with E-state index in [1.165, 1.54) is 6.08 Å². The predicted octanol–water partition coefficient (Wildman–Crippen LogP) is 2.76. The molecule has 0 saturated carbocycles. The maximum absolute atomic E-state index is 11.7. The van der Waals surface area contributed by atoms with Crippen molar-refractivity contribution >= 4 is 29.4 Å². The number of amides is 1. The van der Waals surface area contributed by atoms with Gasteiger partial charge in [-0.05, 0) is 48.9 Å². The van der Waals surface area contributed by atoms with Crippen molar-refractivity contribution < 1.29 is 9.21 Å². The summed E-state index contributed by atoms with van der Waals surface area (Å²) in [6.07, 6.45) is 6.38. The molecule has 0 unspecified atom stereocenters. The first-order valence-corrected chi connectivity index (χ1v) is 8.46. The lowest BCUT2D eigenvalue weighted by atomic mass is 10.3. The number of hydrogen-bond donors (Lipinski definition) is 3. The van der Waals surface area contributed by atoms with E-state index >= 15 is 0 Å². The van der Waals surface area contributed by atoms with E-state index < -0.39 is 0 Å². The molecular formula is C19H20N6O2. The zero-order valence-corrected chi connectivity index (χ0v) is 14.8. The van der Waals surface area contributed by atoms with Crippen molar-refractivity contribution in [3.05, 3.63) is 66.3 Å². The summed E-state index contributed by atoms with van der Waals surface area (Å²) < 4.78 is 5.12. The number of rotatable bonds is 8. The summed E-state index contributed by atoms with van der Waals surface area (Å²) in [6, 6.07) is 11.0. The lowest BCUT2D eigenvalue weighted by molar-refractivity contribution is -0.116. The van der Waals surface area contributed by atoms with Gasteiger partial charge in [-0.1, -0.05) is 6.07 Å². The topological polar surface area (TPSA) is 105 Å². The Balaban J connectivity index is 1.38. The summed E-state index contributed by atoms with van der Waals surface area (Å²) >= 11 is 0. The van der Waals surface area contributed by atoms with Crippen LogP contribution in [0.15, 0.2) is 59.4 Å². The molecular weight excluding hydrogens is 344 g/mol. The molecule has 0 aliphatic carbocycles. The normalized spacial score (nSPS) is 10.7. The first kappa shape index (κ1) is 18.1. The smallest absolute Gasteiger partial charge is 0.244 e.